The van der Waals surface area contributed by atoms with Crippen LogP contribution in [-0.4, -0.2) is 58.6 Å². The molecule has 0 bridgehead atoms. The molecular formula is C19H27ClN4O4S. The van der Waals surface area contributed by atoms with Crippen LogP contribution in [0.15, 0.2) is 17.0 Å². The van der Waals surface area contributed by atoms with Crippen molar-refractivity contribution in [3.05, 3.63) is 22.7 Å². The highest BCUT2D eigenvalue weighted by atomic mass is 35.5. The van der Waals surface area contributed by atoms with Crippen LogP contribution in [-0.2, 0) is 19.6 Å². The lowest BCUT2D eigenvalue weighted by Crippen LogP contribution is -2.50. The molecule has 0 radical (unpaired) electrons. The van der Waals surface area contributed by atoms with Crippen LogP contribution in [0.1, 0.15) is 38.2 Å². The molecule has 2 rings (SSSR count). The van der Waals surface area contributed by atoms with Gasteiger partial charge in [0.05, 0.1) is 21.2 Å². The molecule has 0 aliphatic carbocycles. The van der Waals surface area contributed by atoms with Gasteiger partial charge in [0.1, 0.15) is 11.7 Å². The van der Waals surface area contributed by atoms with Crippen molar-refractivity contribution in [1.82, 2.24) is 9.62 Å². The Morgan fingerprint density at radius 1 is 1.38 bits per heavy atom. The van der Waals surface area contributed by atoms with E-state index in [9.17, 15) is 18.5 Å². The van der Waals surface area contributed by atoms with Gasteiger partial charge in [-0.25, -0.2) is 13.1 Å². The van der Waals surface area contributed by atoms with Gasteiger partial charge in [0.15, 0.2) is 0 Å². The standard InChI is InChI=1S/C19H27ClN4O4S/c1-19(7-4-5-10-28-19)18(25)23-29(26,27)15-11-14(13-21)17(16(20)12-15)22-8-6-9-24(2)3/h11-12,22H,4-10H2,1-3H3,(H,23,25). The molecule has 1 saturated heterocycles. The number of carbonyl (C=O) groups is 1. The molecule has 29 heavy (non-hydrogen) atoms. The van der Waals surface area contributed by atoms with E-state index in [1.54, 1.807) is 6.92 Å². The predicted octanol–water partition coefficient (Wildman–Crippen LogP) is 2.34. The summed E-state index contributed by atoms with van der Waals surface area (Å²) < 4.78 is 33.0. The number of carbonyl (C=O) groups excluding carboxylic acids is 1. The van der Waals surface area contributed by atoms with Gasteiger partial charge in [-0.1, -0.05) is 11.6 Å². The van der Waals surface area contributed by atoms with E-state index in [1.807, 2.05) is 25.1 Å². The number of anilines is 1. The van der Waals surface area contributed by atoms with Crippen molar-refractivity contribution in [2.45, 2.75) is 43.1 Å². The summed E-state index contributed by atoms with van der Waals surface area (Å²) in [4.78, 5) is 14.3. The van der Waals surface area contributed by atoms with E-state index in [2.05, 4.69) is 10.0 Å². The van der Waals surface area contributed by atoms with Crippen molar-refractivity contribution in [3.8, 4) is 6.07 Å². The number of amides is 1. The summed E-state index contributed by atoms with van der Waals surface area (Å²) in [6.07, 6.45) is 2.87. The van der Waals surface area contributed by atoms with Gasteiger partial charge in [-0.05, 0) is 65.4 Å². The van der Waals surface area contributed by atoms with Crippen LogP contribution in [0.4, 0.5) is 5.69 Å². The average molecular weight is 443 g/mol. The zero-order valence-corrected chi connectivity index (χ0v) is 18.5. The van der Waals surface area contributed by atoms with Gasteiger partial charge in [0.2, 0.25) is 0 Å². The molecule has 1 aromatic rings. The number of halogens is 1. The molecule has 1 unspecified atom stereocenters. The van der Waals surface area contributed by atoms with Crippen LogP contribution >= 0.6 is 11.6 Å². The summed E-state index contributed by atoms with van der Waals surface area (Å²) in [5.41, 5.74) is -0.725. The second kappa shape index (κ2) is 9.76. The summed E-state index contributed by atoms with van der Waals surface area (Å²) in [5.74, 6) is -0.724. The fourth-order valence-corrected chi connectivity index (χ4v) is 4.49. The predicted molar refractivity (Wildman–Crippen MR) is 111 cm³/mol. The lowest BCUT2D eigenvalue weighted by atomic mass is 9.95. The second-order valence-corrected chi connectivity index (χ2v) is 9.58. The van der Waals surface area contributed by atoms with Gasteiger partial charge >= 0.3 is 0 Å². The first-order valence-corrected chi connectivity index (χ1v) is 11.3. The largest absolute Gasteiger partial charge is 0.383 e. The quantitative estimate of drug-likeness (QED) is 0.594. The highest BCUT2D eigenvalue weighted by molar-refractivity contribution is 7.90. The van der Waals surface area contributed by atoms with Crippen LogP contribution in [0, 0.1) is 11.3 Å². The molecule has 8 nitrogen and oxygen atoms in total. The van der Waals surface area contributed by atoms with Crippen molar-refractivity contribution < 1.29 is 17.9 Å². The Labute approximate surface area is 177 Å². The molecule has 2 N–H and O–H groups in total. The number of sulfonamides is 1. The van der Waals surface area contributed by atoms with E-state index in [0.29, 0.717) is 25.3 Å². The topological polar surface area (TPSA) is 112 Å². The molecule has 1 fully saturated rings. The Kier molecular flexibility index (Phi) is 7.88. The van der Waals surface area contributed by atoms with Crippen molar-refractivity contribution in [2.24, 2.45) is 0 Å². The Morgan fingerprint density at radius 2 is 2.10 bits per heavy atom. The minimum absolute atomic E-state index is 0.0929. The van der Waals surface area contributed by atoms with Crippen LogP contribution in [0.3, 0.4) is 0 Å². The number of nitrogens with one attached hydrogen (secondary N) is 2. The van der Waals surface area contributed by atoms with Gasteiger partial charge < -0.3 is 15.0 Å². The SMILES string of the molecule is CN(C)CCCNc1c(Cl)cc(S(=O)(=O)NC(=O)C2(C)CCCCO2)cc1C#N. The van der Waals surface area contributed by atoms with E-state index < -0.39 is 21.5 Å². The summed E-state index contributed by atoms with van der Waals surface area (Å²) in [5, 5.41) is 12.6. The summed E-state index contributed by atoms with van der Waals surface area (Å²) in [7, 11) is -0.287. The van der Waals surface area contributed by atoms with E-state index in [-0.39, 0.29) is 15.5 Å². The lowest BCUT2D eigenvalue weighted by molar-refractivity contribution is -0.148. The van der Waals surface area contributed by atoms with Gasteiger partial charge in [0, 0.05) is 13.2 Å². The van der Waals surface area contributed by atoms with Gasteiger partial charge in [-0.15, -0.1) is 0 Å². The maximum absolute atomic E-state index is 12.7. The van der Waals surface area contributed by atoms with E-state index in [4.69, 9.17) is 16.3 Å². The zero-order chi connectivity index (χ0) is 21.7. The monoisotopic (exact) mass is 442 g/mol. The molecule has 1 atom stereocenters. The fraction of sp³-hybridized carbons (Fsp3) is 0.579. The Hall–Kier alpha value is -1.86. The van der Waals surface area contributed by atoms with Crippen LogP contribution in [0.25, 0.3) is 0 Å². The first-order valence-electron chi connectivity index (χ1n) is 9.42. The smallest absolute Gasteiger partial charge is 0.265 e. The van der Waals surface area contributed by atoms with E-state index in [0.717, 1.165) is 25.8 Å². The van der Waals surface area contributed by atoms with E-state index in [1.165, 1.54) is 12.1 Å². The Bertz CT molecular complexity index is 890. The van der Waals surface area contributed by atoms with Crippen LogP contribution in [0.5, 0.6) is 0 Å². The fourth-order valence-electron chi connectivity index (χ4n) is 3.02. The van der Waals surface area contributed by atoms with Gasteiger partial charge in [-0.3, -0.25) is 4.79 Å². The number of rotatable bonds is 8. The second-order valence-electron chi connectivity index (χ2n) is 7.49. The molecule has 1 aliphatic heterocycles. The number of benzene rings is 1. The zero-order valence-electron chi connectivity index (χ0n) is 16.9. The number of ether oxygens (including phenoxy) is 1. The minimum atomic E-state index is -4.20. The van der Waals surface area contributed by atoms with Gasteiger partial charge in [0.25, 0.3) is 15.9 Å². The summed E-state index contributed by atoms with van der Waals surface area (Å²) >= 11 is 6.25. The lowest BCUT2D eigenvalue weighted by Gasteiger charge is -2.32. The van der Waals surface area contributed by atoms with Crippen molar-refractivity contribution >= 4 is 33.2 Å². The molecular weight excluding hydrogens is 416 g/mol. The third-order valence-electron chi connectivity index (χ3n) is 4.75. The third kappa shape index (κ3) is 6.06. The molecule has 160 valence electrons. The molecule has 1 aromatic carbocycles. The number of nitriles is 1. The van der Waals surface area contributed by atoms with Crippen LogP contribution in [0.2, 0.25) is 5.02 Å². The average Bonchev–Trinajstić information content (AvgIpc) is 2.65. The Morgan fingerprint density at radius 3 is 2.69 bits per heavy atom. The first-order chi connectivity index (χ1) is 13.6. The normalized spacial score (nSPS) is 19.6. The van der Waals surface area contributed by atoms with Crippen molar-refractivity contribution in [1.29, 1.82) is 5.26 Å². The van der Waals surface area contributed by atoms with Crippen molar-refractivity contribution in [2.75, 3.05) is 39.1 Å². The molecule has 0 aromatic heterocycles. The first kappa shape index (κ1) is 23.4. The highest BCUT2D eigenvalue weighted by Gasteiger charge is 2.38. The van der Waals surface area contributed by atoms with Crippen molar-refractivity contribution in [3.63, 3.8) is 0 Å². The molecule has 0 saturated carbocycles. The maximum atomic E-state index is 12.7. The molecule has 10 heteroatoms. The highest BCUT2D eigenvalue weighted by Crippen LogP contribution is 2.30. The van der Waals surface area contributed by atoms with E-state index >= 15 is 0 Å². The van der Waals surface area contributed by atoms with Crippen LogP contribution < -0.4 is 10.0 Å². The summed E-state index contributed by atoms with van der Waals surface area (Å²) in [6.45, 7) is 3.41. The maximum Gasteiger partial charge on any atom is 0.265 e. The third-order valence-corrected chi connectivity index (χ3v) is 6.36. The molecule has 1 heterocycles. The number of hydrogen-bond acceptors (Lipinski definition) is 7. The number of hydrogen-bond donors (Lipinski definition) is 2. The van der Waals surface area contributed by atoms with Gasteiger partial charge in [-0.2, -0.15) is 5.26 Å². The molecule has 1 aliphatic rings. The minimum Gasteiger partial charge on any atom is -0.383 e. The number of nitrogens with zero attached hydrogens (tertiary/aromatic N) is 2. The Balaban J connectivity index is 2.19. The molecule has 1 amide bonds. The summed E-state index contributed by atoms with van der Waals surface area (Å²) in [6, 6.07) is 4.40. The molecule has 0 spiro atoms.